The Kier molecular flexibility index (Phi) is 6.58. The molecule has 0 bridgehead atoms. The van der Waals surface area contributed by atoms with Crippen LogP contribution < -0.4 is 20.1 Å². The van der Waals surface area contributed by atoms with Gasteiger partial charge in [0.25, 0.3) is 0 Å². The summed E-state index contributed by atoms with van der Waals surface area (Å²) in [5.41, 5.74) is -0.0391. The van der Waals surface area contributed by atoms with Crippen LogP contribution in [0.4, 0.5) is 14.5 Å². The number of methoxy groups -OCH3 is 1. The molecule has 3 aromatic carbocycles. The van der Waals surface area contributed by atoms with E-state index in [-0.39, 0.29) is 29.5 Å². The summed E-state index contributed by atoms with van der Waals surface area (Å²) in [4.78, 5) is 27.5. The summed E-state index contributed by atoms with van der Waals surface area (Å²) in [6, 6.07) is 14.9. The van der Waals surface area contributed by atoms with E-state index in [1.807, 2.05) is 0 Å². The molecule has 1 spiro atoms. The van der Waals surface area contributed by atoms with Gasteiger partial charge in [0.05, 0.1) is 13.2 Å². The number of halogens is 3. The third kappa shape index (κ3) is 4.32. The zero-order valence-corrected chi connectivity index (χ0v) is 22.2. The molecule has 1 aliphatic carbocycles. The molecule has 6 nitrogen and oxygen atoms in total. The number of piperidine rings is 1. The summed E-state index contributed by atoms with van der Waals surface area (Å²) in [5, 5.41) is 6.33. The van der Waals surface area contributed by atoms with Crippen molar-refractivity contribution in [3.8, 4) is 17.2 Å². The highest BCUT2D eigenvalue weighted by atomic mass is 35.5. The molecular formula is C31H25ClF2N2O4. The SMILES string of the molecule is COc1ccc(Oc2ccc(F)cc2[C@H]2NC(=O)C[C@@H](C3C=C(F)C=CC3)[C@]23C(=O)Nc2cc(Cl)ccc23)cc1. The smallest absolute Gasteiger partial charge is 0.237 e. The highest BCUT2D eigenvalue weighted by Gasteiger charge is 2.62. The normalized spacial score (nSPS) is 25.2. The van der Waals surface area contributed by atoms with Crippen LogP contribution in [-0.2, 0) is 15.0 Å². The zero-order chi connectivity index (χ0) is 28.0. The van der Waals surface area contributed by atoms with Gasteiger partial charge in [0.1, 0.15) is 34.3 Å². The van der Waals surface area contributed by atoms with Gasteiger partial charge in [0.2, 0.25) is 11.8 Å². The Morgan fingerprint density at radius 2 is 1.77 bits per heavy atom. The number of amides is 2. The fourth-order valence-corrected chi connectivity index (χ4v) is 6.43. The number of fused-ring (bicyclic) bond motifs is 2. The van der Waals surface area contributed by atoms with E-state index in [4.69, 9.17) is 21.1 Å². The van der Waals surface area contributed by atoms with Gasteiger partial charge < -0.3 is 20.1 Å². The average Bonchev–Trinajstić information content (AvgIpc) is 3.22. The number of rotatable bonds is 5. The highest BCUT2D eigenvalue weighted by molar-refractivity contribution is 6.31. The maximum Gasteiger partial charge on any atom is 0.237 e. The Hall–Kier alpha value is -4.17. The van der Waals surface area contributed by atoms with E-state index in [1.165, 1.54) is 30.4 Å². The first-order valence-corrected chi connectivity index (χ1v) is 13.2. The third-order valence-corrected chi connectivity index (χ3v) is 8.18. The molecule has 2 aliphatic heterocycles. The Morgan fingerprint density at radius 1 is 1.00 bits per heavy atom. The molecule has 2 amide bonds. The Labute approximate surface area is 234 Å². The molecule has 0 radical (unpaired) electrons. The van der Waals surface area contributed by atoms with Crippen LogP contribution in [0.5, 0.6) is 17.2 Å². The van der Waals surface area contributed by atoms with Gasteiger partial charge in [-0.25, -0.2) is 8.78 Å². The molecular weight excluding hydrogens is 538 g/mol. The number of hydrogen-bond donors (Lipinski definition) is 2. The Morgan fingerprint density at radius 3 is 2.52 bits per heavy atom. The second-order valence-corrected chi connectivity index (χ2v) is 10.6. The standard InChI is InChI=1S/C31H25ClF2N2O4/c1-39-21-7-9-22(10-8-21)40-27-12-6-20(34)15-23(27)29-31(24-11-5-18(32)14-26(24)35-30(31)38)25(16-28(37)36-29)17-3-2-4-19(33)13-17/h2,4-15,17,25,29H,3,16H2,1H3,(H,35,38)(H,36,37)/t17?,25-,29+,31-/m0/s1. The van der Waals surface area contributed by atoms with Crippen molar-refractivity contribution in [2.24, 2.45) is 11.8 Å². The average molecular weight is 563 g/mol. The van der Waals surface area contributed by atoms with E-state index >= 15 is 0 Å². The van der Waals surface area contributed by atoms with Crippen molar-refractivity contribution in [1.29, 1.82) is 0 Å². The van der Waals surface area contributed by atoms with Crippen molar-refractivity contribution in [2.45, 2.75) is 24.3 Å². The Balaban J connectivity index is 1.55. The van der Waals surface area contributed by atoms with Crippen molar-refractivity contribution in [2.75, 3.05) is 12.4 Å². The number of benzene rings is 3. The van der Waals surface area contributed by atoms with Crippen molar-refractivity contribution in [3.63, 3.8) is 0 Å². The lowest BCUT2D eigenvalue weighted by atomic mass is 9.57. The van der Waals surface area contributed by atoms with E-state index in [9.17, 15) is 18.4 Å². The molecule has 2 N–H and O–H groups in total. The van der Waals surface area contributed by atoms with Crippen LogP contribution in [0.2, 0.25) is 5.02 Å². The lowest BCUT2D eigenvalue weighted by Crippen LogP contribution is -2.59. The molecule has 3 aliphatic rings. The van der Waals surface area contributed by atoms with Crippen LogP contribution in [0.3, 0.4) is 0 Å². The van der Waals surface area contributed by atoms with Crippen LogP contribution in [0.25, 0.3) is 0 Å². The maximum atomic E-state index is 14.9. The molecule has 6 rings (SSSR count). The number of carbonyl (C=O) groups is 2. The molecule has 1 unspecified atom stereocenters. The summed E-state index contributed by atoms with van der Waals surface area (Å²) in [7, 11) is 1.55. The molecule has 3 aromatic rings. The van der Waals surface area contributed by atoms with Crippen LogP contribution in [-0.4, -0.2) is 18.9 Å². The molecule has 4 atom stereocenters. The number of nitrogens with one attached hydrogen (secondary N) is 2. The van der Waals surface area contributed by atoms with E-state index in [0.717, 1.165) is 0 Å². The quantitative estimate of drug-likeness (QED) is 0.359. The number of ether oxygens (including phenoxy) is 2. The minimum absolute atomic E-state index is 0.0295. The highest BCUT2D eigenvalue weighted by Crippen LogP contribution is 2.58. The van der Waals surface area contributed by atoms with Crippen molar-refractivity contribution >= 4 is 29.1 Å². The Bertz CT molecular complexity index is 1570. The largest absolute Gasteiger partial charge is 0.497 e. The predicted octanol–water partition coefficient (Wildman–Crippen LogP) is 6.78. The van der Waals surface area contributed by atoms with E-state index in [1.54, 1.807) is 55.7 Å². The second-order valence-electron chi connectivity index (χ2n) is 10.1. The van der Waals surface area contributed by atoms with E-state index < -0.39 is 34.9 Å². The van der Waals surface area contributed by atoms with Gasteiger partial charge in [0, 0.05) is 22.7 Å². The first kappa shape index (κ1) is 26.1. The first-order chi connectivity index (χ1) is 19.3. The first-order valence-electron chi connectivity index (χ1n) is 12.9. The van der Waals surface area contributed by atoms with Gasteiger partial charge in [-0.15, -0.1) is 0 Å². The monoisotopic (exact) mass is 562 g/mol. The van der Waals surface area contributed by atoms with Crippen LogP contribution in [0.1, 0.15) is 30.0 Å². The van der Waals surface area contributed by atoms with Gasteiger partial charge in [-0.1, -0.05) is 23.7 Å². The number of allylic oxidation sites excluding steroid dienone is 4. The van der Waals surface area contributed by atoms with E-state index in [2.05, 4.69) is 10.6 Å². The summed E-state index contributed by atoms with van der Waals surface area (Å²) >= 11 is 6.27. The fourth-order valence-electron chi connectivity index (χ4n) is 6.26. The van der Waals surface area contributed by atoms with Crippen molar-refractivity contribution in [1.82, 2.24) is 5.32 Å². The zero-order valence-electron chi connectivity index (χ0n) is 21.4. The number of anilines is 1. The van der Waals surface area contributed by atoms with Gasteiger partial charge in [-0.05, 0) is 90.6 Å². The summed E-state index contributed by atoms with van der Waals surface area (Å²) in [5.74, 6) is -1.49. The molecule has 204 valence electrons. The van der Waals surface area contributed by atoms with Crippen LogP contribution in [0.15, 0.2) is 84.7 Å². The van der Waals surface area contributed by atoms with Gasteiger partial charge in [0.15, 0.2) is 0 Å². The van der Waals surface area contributed by atoms with Crippen LogP contribution >= 0.6 is 11.6 Å². The molecule has 40 heavy (non-hydrogen) atoms. The van der Waals surface area contributed by atoms with Gasteiger partial charge in [-0.3, -0.25) is 9.59 Å². The van der Waals surface area contributed by atoms with Crippen molar-refractivity contribution in [3.05, 3.63) is 107 Å². The number of carbonyl (C=O) groups excluding carboxylic acids is 2. The number of hydrogen-bond acceptors (Lipinski definition) is 4. The van der Waals surface area contributed by atoms with E-state index in [0.29, 0.717) is 34.2 Å². The minimum atomic E-state index is -1.41. The molecule has 1 saturated heterocycles. The molecule has 0 saturated carbocycles. The predicted molar refractivity (Wildman–Crippen MR) is 147 cm³/mol. The topological polar surface area (TPSA) is 76.7 Å². The molecule has 2 heterocycles. The second kappa shape index (κ2) is 10.1. The fraction of sp³-hybridized carbons (Fsp3) is 0.226. The minimum Gasteiger partial charge on any atom is -0.497 e. The van der Waals surface area contributed by atoms with Gasteiger partial charge >= 0.3 is 0 Å². The molecule has 0 aromatic heterocycles. The summed E-state index contributed by atoms with van der Waals surface area (Å²) in [6.07, 6.45) is 4.95. The maximum absolute atomic E-state index is 14.9. The lowest BCUT2D eigenvalue weighted by molar-refractivity contribution is -0.135. The summed E-state index contributed by atoms with van der Waals surface area (Å²) in [6.45, 7) is 0. The molecule has 1 fully saturated rings. The van der Waals surface area contributed by atoms with Crippen molar-refractivity contribution < 1.29 is 27.8 Å². The summed E-state index contributed by atoms with van der Waals surface area (Å²) < 4.78 is 40.8. The molecule has 9 heteroatoms. The third-order valence-electron chi connectivity index (χ3n) is 7.95. The van der Waals surface area contributed by atoms with Crippen LogP contribution in [0, 0.1) is 17.7 Å². The lowest BCUT2D eigenvalue weighted by Gasteiger charge is -2.48. The van der Waals surface area contributed by atoms with Gasteiger partial charge in [-0.2, -0.15) is 0 Å².